The Morgan fingerprint density at radius 3 is 1.62 bits per heavy atom. The van der Waals surface area contributed by atoms with Gasteiger partial charge in [-0.1, -0.05) is 54.6 Å². The minimum Gasteiger partial charge on any atom is -0.206 e. The standard InChI is InChI=1S/C28H14F4/c29-22-6-2-7-23(30)26(22)15-10-11-16-19-12-13-20(28-24(31)8-3-9-25(28)32)17-4-1-5-18(27(17)19)21(16)14-15/h1-14H. The molecular formula is C28H14F4. The summed E-state index contributed by atoms with van der Waals surface area (Å²) in [7, 11) is 0. The van der Waals surface area contributed by atoms with Crippen LogP contribution in [-0.4, -0.2) is 0 Å². The second-order valence-electron chi connectivity index (χ2n) is 7.84. The van der Waals surface area contributed by atoms with Crippen LogP contribution in [0.5, 0.6) is 0 Å². The van der Waals surface area contributed by atoms with E-state index >= 15 is 0 Å². The second-order valence-corrected chi connectivity index (χ2v) is 7.84. The second kappa shape index (κ2) is 6.79. The first-order valence-electron chi connectivity index (χ1n) is 10.1. The molecule has 154 valence electrons. The Balaban J connectivity index is 1.62. The topological polar surface area (TPSA) is 0 Å². The van der Waals surface area contributed by atoms with Crippen LogP contribution >= 0.6 is 0 Å². The monoisotopic (exact) mass is 426 g/mol. The highest BCUT2D eigenvalue weighted by Crippen LogP contribution is 2.50. The van der Waals surface area contributed by atoms with Crippen molar-refractivity contribution in [2.75, 3.05) is 0 Å². The van der Waals surface area contributed by atoms with E-state index in [4.69, 9.17) is 0 Å². The molecule has 5 aromatic rings. The molecule has 0 spiro atoms. The van der Waals surface area contributed by atoms with Gasteiger partial charge in [0.15, 0.2) is 0 Å². The maximum atomic E-state index is 14.5. The fourth-order valence-electron chi connectivity index (χ4n) is 4.76. The number of rotatable bonds is 2. The first kappa shape index (κ1) is 18.8. The summed E-state index contributed by atoms with van der Waals surface area (Å²) in [5.41, 5.74) is 4.29. The molecule has 0 unspecified atom stereocenters. The van der Waals surface area contributed by atoms with E-state index in [9.17, 15) is 17.6 Å². The average Bonchev–Trinajstić information content (AvgIpc) is 3.10. The predicted octanol–water partition coefficient (Wildman–Crippen LogP) is 8.38. The van der Waals surface area contributed by atoms with E-state index < -0.39 is 23.3 Å². The molecule has 0 amide bonds. The van der Waals surface area contributed by atoms with Gasteiger partial charge in [-0.25, -0.2) is 17.6 Å². The number of hydrogen-bond acceptors (Lipinski definition) is 0. The molecule has 32 heavy (non-hydrogen) atoms. The molecule has 5 aromatic carbocycles. The van der Waals surface area contributed by atoms with Crippen LogP contribution < -0.4 is 0 Å². The molecule has 1 aliphatic rings. The fraction of sp³-hybridized carbons (Fsp3) is 0. The van der Waals surface area contributed by atoms with E-state index in [1.807, 2.05) is 30.3 Å². The zero-order valence-electron chi connectivity index (χ0n) is 16.6. The highest BCUT2D eigenvalue weighted by Gasteiger charge is 2.25. The van der Waals surface area contributed by atoms with Crippen molar-refractivity contribution in [1.82, 2.24) is 0 Å². The number of hydrogen-bond donors (Lipinski definition) is 0. The van der Waals surface area contributed by atoms with Gasteiger partial charge in [-0.05, 0) is 74.5 Å². The summed E-state index contributed by atoms with van der Waals surface area (Å²) < 4.78 is 57.9. The van der Waals surface area contributed by atoms with Gasteiger partial charge in [-0.2, -0.15) is 0 Å². The maximum absolute atomic E-state index is 14.5. The Labute approximate surface area is 181 Å². The molecule has 6 rings (SSSR count). The molecule has 0 saturated carbocycles. The van der Waals surface area contributed by atoms with E-state index in [0.29, 0.717) is 11.1 Å². The average molecular weight is 426 g/mol. The summed E-state index contributed by atoms with van der Waals surface area (Å²) in [6.07, 6.45) is 0. The van der Waals surface area contributed by atoms with Crippen LogP contribution in [0.15, 0.2) is 84.9 Å². The van der Waals surface area contributed by atoms with Crippen molar-refractivity contribution in [1.29, 1.82) is 0 Å². The lowest BCUT2D eigenvalue weighted by Gasteiger charge is -2.11. The minimum atomic E-state index is -0.629. The molecule has 0 saturated heterocycles. The lowest BCUT2D eigenvalue weighted by Crippen LogP contribution is -1.91. The molecule has 0 radical (unpaired) electrons. The summed E-state index contributed by atoms with van der Waals surface area (Å²) in [6, 6.07) is 22.1. The zero-order valence-corrected chi connectivity index (χ0v) is 16.6. The summed E-state index contributed by atoms with van der Waals surface area (Å²) in [4.78, 5) is 0. The van der Waals surface area contributed by atoms with Crippen molar-refractivity contribution in [3.8, 4) is 44.5 Å². The molecule has 0 fully saturated rings. The minimum absolute atomic E-state index is 0.0683. The highest BCUT2D eigenvalue weighted by molar-refractivity contribution is 6.19. The summed E-state index contributed by atoms with van der Waals surface area (Å²) in [5, 5.41) is 1.59. The number of fused-ring (bicyclic) bond motifs is 3. The highest BCUT2D eigenvalue weighted by atomic mass is 19.1. The van der Waals surface area contributed by atoms with E-state index in [0.717, 1.165) is 33.0 Å². The van der Waals surface area contributed by atoms with Crippen molar-refractivity contribution in [2.45, 2.75) is 0 Å². The van der Waals surface area contributed by atoms with Crippen molar-refractivity contribution in [2.24, 2.45) is 0 Å². The van der Waals surface area contributed by atoms with Crippen LogP contribution in [0.2, 0.25) is 0 Å². The molecule has 0 aliphatic heterocycles. The Morgan fingerprint density at radius 1 is 0.406 bits per heavy atom. The lowest BCUT2D eigenvalue weighted by atomic mass is 9.94. The first-order chi connectivity index (χ1) is 15.5. The van der Waals surface area contributed by atoms with Gasteiger partial charge < -0.3 is 0 Å². The third-order valence-electron chi connectivity index (χ3n) is 6.12. The van der Waals surface area contributed by atoms with Gasteiger partial charge in [0.1, 0.15) is 23.3 Å². The third kappa shape index (κ3) is 2.56. The molecule has 0 heterocycles. The molecule has 0 bridgehead atoms. The first-order valence-corrected chi connectivity index (χ1v) is 10.1. The SMILES string of the molecule is Fc1cccc(F)c1-c1ccc2c(c1)-c1cccc3c(-c4c(F)cccc4F)ccc-2c13. The van der Waals surface area contributed by atoms with Gasteiger partial charge in [-0.15, -0.1) is 0 Å². The van der Waals surface area contributed by atoms with Gasteiger partial charge >= 0.3 is 0 Å². The normalized spacial score (nSPS) is 11.8. The third-order valence-corrected chi connectivity index (χ3v) is 6.12. The van der Waals surface area contributed by atoms with Crippen LogP contribution in [0.3, 0.4) is 0 Å². The van der Waals surface area contributed by atoms with Crippen LogP contribution in [0.4, 0.5) is 17.6 Å². The number of benzene rings is 5. The van der Waals surface area contributed by atoms with E-state index in [1.165, 1.54) is 36.4 Å². The predicted molar refractivity (Wildman–Crippen MR) is 119 cm³/mol. The van der Waals surface area contributed by atoms with Crippen LogP contribution in [0, 0.1) is 23.3 Å². The molecule has 1 aliphatic carbocycles. The van der Waals surface area contributed by atoms with E-state index in [2.05, 4.69) is 0 Å². The van der Waals surface area contributed by atoms with Crippen molar-refractivity contribution in [3.63, 3.8) is 0 Å². The number of halogens is 4. The Bertz CT molecular complexity index is 1530. The van der Waals surface area contributed by atoms with Crippen molar-refractivity contribution < 1.29 is 17.6 Å². The van der Waals surface area contributed by atoms with Crippen LogP contribution in [0.25, 0.3) is 55.3 Å². The van der Waals surface area contributed by atoms with Crippen LogP contribution in [-0.2, 0) is 0 Å². The van der Waals surface area contributed by atoms with Gasteiger partial charge in [-0.3, -0.25) is 0 Å². The van der Waals surface area contributed by atoms with Crippen LogP contribution in [0.1, 0.15) is 0 Å². The van der Waals surface area contributed by atoms with Crippen molar-refractivity contribution >= 4 is 10.8 Å². The Kier molecular flexibility index (Phi) is 3.99. The van der Waals surface area contributed by atoms with Gasteiger partial charge in [0, 0.05) is 0 Å². The quantitative estimate of drug-likeness (QED) is 0.244. The van der Waals surface area contributed by atoms with Gasteiger partial charge in [0.2, 0.25) is 0 Å². The zero-order chi connectivity index (χ0) is 22.0. The summed E-state index contributed by atoms with van der Waals surface area (Å²) >= 11 is 0. The molecule has 0 N–H and O–H groups in total. The Hall–Kier alpha value is -3.92. The fourth-order valence-corrected chi connectivity index (χ4v) is 4.76. The van der Waals surface area contributed by atoms with Gasteiger partial charge in [0.05, 0.1) is 11.1 Å². The molecular weight excluding hydrogens is 412 g/mol. The van der Waals surface area contributed by atoms with E-state index in [-0.39, 0.29) is 11.1 Å². The molecule has 0 atom stereocenters. The van der Waals surface area contributed by atoms with E-state index in [1.54, 1.807) is 18.2 Å². The molecule has 0 aromatic heterocycles. The maximum Gasteiger partial charge on any atom is 0.133 e. The lowest BCUT2D eigenvalue weighted by molar-refractivity contribution is 0.589. The molecule has 0 nitrogen and oxygen atoms in total. The Morgan fingerprint density at radius 2 is 0.938 bits per heavy atom. The smallest absolute Gasteiger partial charge is 0.133 e. The largest absolute Gasteiger partial charge is 0.206 e. The van der Waals surface area contributed by atoms with Gasteiger partial charge in [0.25, 0.3) is 0 Å². The molecule has 4 heteroatoms. The summed E-state index contributed by atoms with van der Waals surface area (Å²) in [5.74, 6) is -2.51. The van der Waals surface area contributed by atoms with Crippen molar-refractivity contribution in [3.05, 3.63) is 108 Å². The summed E-state index contributed by atoms with van der Waals surface area (Å²) in [6.45, 7) is 0.